The third-order valence-electron chi connectivity index (χ3n) is 4.03. The van der Waals surface area contributed by atoms with Crippen molar-refractivity contribution in [3.05, 3.63) is 53.6 Å². The van der Waals surface area contributed by atoms with Crippen molar-refractivity contribution >= 4 is 12.1 Å². The normalized spacial score (nSPS) is 12.0. The minimum Gasteiger partial charge on any atom is -0.504 e. The largest absolute Gasteiger partial charge is 0.504 e. The van der Waals surface area contributed by atoms with Gasteiger partial charge in [-0.05, 0) is 47.7 Å². The number of benzene rings is 2. The SMILES string of the molecule is CCC(C)c1ccccc1OCC(=O)NN=Cc1ccc(OC)c(O)c1. The van der Waals surface area contributed by atoms with E-state index >= 15 is 0 Å². The van der Waals surface area contributed by atoms with Gasteiger partial charge in [-0.1, -0.05) is 32.0 Å². The van der Waals surface area contributed by atoms with Crippen LogP contribution in [0.3, 0.4) is 0 Å². The number of phenols is 1. The molecule has 1 unspecified atom stereocenters. The Kier molecular flexibility index (Phi) is 7.02. The van der Waals surface area contributed by atoms with Gasteiger partial charge in [0, 0.05) is 0 Å². The smallest absolute Gasteiger partial charge is 0.277 e. The summed E-state index contributed by atoms with van der Waals surface area (Å²) < 4.78 is 10.6. The van der Waals surface area contributed by atoms with E-state index in [1.807, 2.05) is 24.3 Å². The van der Waals surface area contributed by atoms with Crippen molar-refractivity contribution in [3.8, 4) is 17.2 Å². The summed E-state index contributed by atoms with van der Waals surface area (Å²) in [6.45, 7) is 4.11. The van der Waals surface area contributed by atoms with Gasteiger partial charge in [-0.3, -0.25) is 4.79 Å². The van der Waals surface area contributed by atoms with Crippen molar-refractivity contribution in [3.63, 3.8) is 0 Å². The number of hydrogen-bond acceptors (Lipinski definition) is 5. The molecule has 0 bridgehead atoms. The molecular formula is C20H24N2O4. The van der Waals surface area contributed by atoms with Gasteiger partial charge < -0.3 is 14.6 Å². The van der Waals surface area contributed by atoms with E-state index in [9.17, 15) is 9.90 Å². The van der Waals surface area contributed by atoms with Crippen LogP contribution >= 0.6 is 0 Å². The van der Waals surface area contributed by atoms with Crippen LogP contribution in [0.5, 0.6) is 17.2 Å². The monoisotopic (exact) mass is 356 g/mol. The summed E-state index contributed by atoms with van der Waals surface area (Å²) in [7, 11) is 1.47. The van der Waals surface area contributed by atoms with Crippen LogP contribution in [0.15, 0.2) is 47.6 Å². The molecule has 0 aliphatic carbocycles. The number of methoxy groups -OCH3 is 1. The van der Waals surface area contributed by atoms with E-state index in [0.29, 0.717) is 23.0 Å². The zero-order chi connectivity index (χ0) is 18.9. The quantitative estimate of drug-likeness (QED) is 0.561. The predicted molar refractivity (Wildman–Crippen MR) is 101 cm³/mol. The second kappa shape index (κ2) is 9.46. The average molecular weight is 356 g/mol. The molecule has 2 N–H and O–H groups in total. The van der Waals surface area contributed by atoms with Gasteiger partial charge in [-0.15, -0.1) is 0 Å². The first-order valence-corrected chi connectivity index (χ1v) is 8.45. The average Bonchev–Trinajstić information content (AvgIpc) is 2.66. The molecule has 0 spiro atoms. The van der Waals surface area contributed by atoms with Gasteiger partial charge in [-0.2, -0.15) is 5.10 Å². The Labute approximate surface area is 153 Å². The number of amides is 1. The molecule has 1 atom stereocenters. The lowest BCUT2D eigenvalue weighted by molar-refractivity contribution is -0.123. The number of rotatable bonds is 8. The van der Waals surface area contributed by atoms with Crippen molar-refractivity contribution in [2.45, 2.75) is 26.2 Å². The topological polar surface area (TPSA) is 80.2 Å². The first-order valence-electron chi connectivity index (χ1n) is 8.45. The standard InChI is InChI=1S/C20H24N2O4/c1-4-14(2)16-7-5-6-8-18(16)26-13-20(24)22-21-12-15-9-10-19(25-3)17(23)11-15/h5-12,14,23H,4,13H2,1-3H3,(H,22,24). The van der Waals surface area contributed by atoms with Crippen LogP contribution in [0.4, 0.5) is 0 Å². The summed E-state index contributed by atoms with van der Waals surface area (Å²) in [6, 6.07) is 12.5. The molecule has 2 aromatic carbocycles. The fraction of sp³-hybridized carbons (Fsp3) is 0.300. The van der Waals surface area contributed by atoms with Gasteiger partial charge in [0.25, 0.3) is 5.91 Å². The number of aromatic hydroxyl groups is 1. The Balaban J connectivity index is 1.89. The Hall–Kier alpha value is -3.02. The molecule has 2 aromatic rings. The molecule has 1 amide bonds. The zero-order valence-electron chi connectivity index (χ0n) is 15.2. The molecule has 0 aromatic heterocycles. The predicted octanol–water partition coefficient (Wildman–Crippen LogP) is 3.44. The molecule has 6 heteroatoms. The second-order valence-corrected chi connectivity index (χ2v) is 5.86. The molecule has 0 aliphatic heterocycles. The Morgan fingerprint density at radius 2 is 2.04 bits per heavy atom. The van der Waals surface area contributed by atoms with Crippen LogP contribution < -0.4 is 14.9 Å². The number of ether oxygens (including phenoxy) is 2. The highest BCUT2D eigenvalue weighted by molar-refractivity contribution is 5.83. The molecule has 0 radical (unpaired) electrons. The van der Waals surface area contributed by atoms with Crippen molar-refractivity contribution in [2.75, 3.05) is 13.7 Å². The maximum Gasteiger partial charge on any atom is 0.277 e. The molecule has 0 aliphatic rings. The lowest BCUT2D eigenvalue weighted by Gasteiger charge is -2.15. The Bertz CT molecular complexity index is 774. The van der Waals surface area contributed by atoms with Crippen LogP contribution in [0, 0.1) is 0 Å². The third kappa shape index (κ3) is 5.24. The van der Waals surface area contributed by atoms with Gasteiger partial charge in [0.15, 0.2) is 18.1 Å². The molecule has 0 saturated carbocycles. The molecule has 0 fully saturated rings. The maximum atomic E-state index is 11.9. The van der Waals surface area contributed by atoms with Crippen molar-refractivity contribution in [1.82, 2.24) is 5.43 Å². The van der Waals surface area contributed by atoms with Gasteiger partial charge in [0.1, 0.15) is 5.75 Å². The highest BCUT2D eigenvalue weighted by Crippen LogP contribution is 2.28. The minimum atomic E-state index is -0.363. The maximum absolute atomic E-state index is 11.9. The molecule has 0 heterocycles. The number of nitrogens with zero attached hydrogens (tertiary/aromatic N) is 1. The van der Waals surface area contributed by atoms with Crippen LogP contribution in [-0.4, -0.2) is 30.9 Å². The van der Waals surface area contributed by atoms with Gasteiger partial charge in [0.2, 0.25) is 0 Å². The Morgan fingerprint density at radius 1 is 1.27 bits per heavy atom. The van der Waals surface area contributed by atoms with Crippen LogP contribution in [-0.2, 0) is 4.79 Å². The summed E-state index contributed by atoms with van der Waals surface area (Å²) in [6.07, 6.45) is 2.43. The van der Waals surface area contributed by atoms with E-state index in [2.05, 4.69) is 24.4 Å². The summed E-state index contributed by atoms with van der Waals surface area (Å²) in [4.78, 5) is 11.9. The van der Waals surface area contributed by atoms with Crippen LogP contribution in [0.1, 0.15) is 37.3 Å². The molecule has 26 heavy (non-hydrogen) atoms. The minimum absolute atomic E-state index is 0.00719. The van der Waals surface area contributed by atoms with Crippen molar-refractivity contribution in [1.29, 1.82) is 0 Å². The number of carbonyl (C=O) groups excluding carboxylic acids is 1. The van der Waals surface area contributed by atoms with Crippen molar-refractivity contribution in [2.24, 2.45) is 5.10 Å². The fourth-order valence-corrected chi connectivity index (χ4v) is 2.38. The number of hydrogen-bond donors (Lipinski definition) is 2. The number of nitrogens with one attached hydrogen (secondary N) is 1. The van der Waals surface area contributed by atoms with E-state index in [-0.39, 0.29) is 18.3 Å². The molecular weight excluding hydrogens is 332 g/mol. The van der Waals surface area contributed by atoms with E-state index in [4.69, 9.17) is 9.47 Å². The molecule has 6 nitrogen and oxygen atoms in total. The van der Waals surface area contributed by atoms with Gasteiger partial charge >= 0.3 is 0 Å². The lowest BCUT2D eigenvalue weighted by atomic mass is 9.98. The molecule has 138 valence electrons. The number of phenolic OH excluding ortho intramolecular Hbond substituents is 1. The fourth-order valence-electron chi connectivity index (χ4n) is 2.38. The molecule has 2 rings (SSSR count). The summed E-state index contributed by atoms with van der Waals surface area (Å²) >= 11 is 0. The zero-order valence-corrected chi connectivity index (χ0v) is 15.2. The number of hydrazone groups is 1. The van der Waals surface area contributed by atoms with Crippen LogP contribution in [0.2, 0.25) is 0 Å². The van der Waals surface area contributed by atoms with Gasteiger partial charge in [-0.25, -0.2) is 5.43 Å². The van der Waals surface area contributed by atoms with E-state index in [1.54, 1.807) is 12.1 Å². The number of para-hydroxylation sites is 1. The van der Waals surface area contributed by atoms with Crippen molar-refractivity contribution < 1.29 is 19.4 Å². The molecule has 0 saturated heterocycles. The van der Waals surface area contributed by atoms with Gasteiger partial charge in [0.05, 0.1) is 13.3 Å². The Morgan fingerprint density at radius 3 is 2.73 bits per heavy atom. The number of carbonyl (C=O) groups is 1. The second-order valence-electron chi connectivity index (χ2n) is 5.86. The first kappa shape index (κ1) is 19.3. The third-order valence-corrected chi connectivity index (χ3v) is 4.03. The van der Waals surface area contributed by atoms with E-state index in [1.165, 1.54) is 19.4 Å². The van der Waals surface area contributed by atoms with Crippen LogP contribution in [0.25, 0.3) is 0 Å². The lowest BCUT2D eigenvalue weighted by Crippen LogP contribution is -2.24. The summed E-state index contributed by atoms with van der Waals surface area (Å²) in [5.41, 5.74) is 4.12. The van der Waals surface area contributed by atoms with E-state index in [0.717, 1.165) is 12.0 Å². The summed E-state index contributed by atoms with van der Waals surface area (Å²) in [5.74, 6) is 1.08. The first-order chi connectivity index (χ1) is 12.5. The highest BCUT2D eigenvalue weighted by atomic mass is 16.5. The van der Waals surface area contributed by atoms with E-state index < -0.39 is 0 Å². The summed E-state index contributed by atoms with van der Waals surface area (Å²) in [5, 5.41) is 13.6. The highest BCUT2D eigenvalue weighted by Gasteiger charge is 2.10.